The van der Waals surface area contributed by atoms with Crippen LogP contribution in [0.1, 0.15) is 45.1 Å². The Balaban J connectivity index is 2.28. The number of fused-ring (bicyclic) bond motifs is 1. The summed E-state index contributed by atoms with van der Waals surface area (Å²) in [6, 6.07) is 2.92. The summed E-state index contributed by atoms with van der Waals surface area (Å²) in [5, 5.41) is -0.00975. The molecule has 4 nitrogen and oxygen atoms in total. The summed E-state index contributed by atoms with van der Waals surface area (Å²) in [4.78, 5) is 12.0. The molecular formula is C19H22ClF3O4. The third-order valence-electron chi connectivity index (χ3n) is 3.95. The highest BCUT2D eigenvalue weighted by atomic mass is 35.5. The zero-order valence-corrected chi connectivity index (χ0v) is 16.0. The fraction of sp³-hybridized carbons (Fsp3) is 0.526. The van der Waals surface area contributed by atoms with Crippen LogP contribution in [0.4, 0.5) is 13.2 Å². The van der Waals surface area contributed by atoms with Crippen LogP contribution in [-0.4, -0.2) is 31.5 Å². The number of carbonyl (C=O) groups is 1. The van der Waals surface area contributed by atoms with Gasteiger partial charge in [-0.3, -0.25) is 0 Å². The average molecular weight is 407 g/mol. The van der Waals surface area contributed by atoms with E-state index in [0.29, 0.717) is 12.4 Å². The molecule has 1 heterocycles. The number of esters is 1. The van der Waals surface area contributed by atoms with Crippen LogP contribution in [0.5, 0.6) is 11.5 Å². The maximum absolute atomic E-state index is 13.3. The number of hydrogen-bond donors (Lipinski definition) is 0. The molecule has 0 N–H and O–H groups in total. The topological polar surface area (TPSA) is 44.8 Å². The van der Waals surface area contributed by atoms with Crippen molar-refractivity contribution in [1.82, 2.24) is 0 Å². The Bertz CT molecular complexity index is 701. The van der Waals surface area contributed by atoms with Crippen molar-refractivity contribution in [3.63, 3.8) is 0 Å². The molecule has 8 heteroatoms. The van der Waals surface area contributed by atoms with Gasteiger partial charge in [-0.2, -0.15) is 13.2 Å². The number of carbonyl (C=O) groups excluding carboxylic acids is 1. The summed E-state index contributed by atoms with van der Waals surface area (Å²) >= 11 is 6.10. The summed E-state index contributed by atoms with van der Waals surface area (Å²) in [5.74, 6) is -0.804. The SMILES string of the molecule is CCCCCCOc1cc(Cl)c2c(c1)C=C(C(=O)OCC)C(C(F)(F)F)O2. The van der Waals surface area contributed by atoms with Crippen LogP contribution in [0.15, 0.2) is 17.7 Å². The van der Waals surface area contributed by atoms with Gasteiger partial charge in [0, 0.05) is 11.6 Å². The first-order valence-corrected chi connectivity index (χ1v) is 9.24. The standard InChI is InChI=1S/C19H22ClF3O4/c1-3-5-6-7-8-26-13-9-12-10-14(18(24)25-4-2)17(19(21,22)23)27-16(12)15(20)11-13/h9-11,17H,3-8H2,1-2H3. The molecule has 0 saturated heterocycles. The quantitative estimate of drug-likeness (QED) is 0.418. The van der Waals surface area contributed by atoms with Gasteiger partial charge in [0.2, 0.25) is 6.10 Å². The van der Waals surface area contributed by atoms with Gasteiger partial charge in [-0.1, -0.05) is 37.8 Å². The van der Waals surface area contributed by atoms with Gasteiger partial charge in [0.05, 0.1) is 23.8 Å². The fourth-order valence-electron chi connectivity index (χ4n) is 2.67. The Kier molecular flexibility index (Phi) is 7.41. The molecule has 1 unspecified atom stereocenters. The van der Waals surface area contributed by atoms with Gasteiger partial charge in [-0.05, 0) is 25.5 Å². The first kappa shape index (κ1) is 21.4. The second kappa shape index (κ2) is 9.35. The van der Waals surface area contributed by atoms with E-state index in [-0.39, 0.29) is 22.9 Å². The lowest BCUT2D eigenvalue weighted by molar-refractivity contribution is -0.187. The van der Waals surface area contributed by atoms with E-state index in [1.54, 1.807) is 0 Å². The van der Waals surface area contributed by atoms with E-state index < -0.39 is 23.8 Å². The van der Waals surface area contributed by atoms with Crippen molar-refractivity contribution in [3.05, 3.63) is 28.3 Å². The van der Waals surface area contributed by atoms with E-state index >= 15 is 0 Å². The van der Waals surface area contributed by atoms with Crippen molar-refractivity contribution >= 4 is 23.6 Å². The van der Waals surface area contributed by atoms with E-state index in [2.05, 4.69) is 6.92 Å². The van der Waals surface area contributed by atoms with Crippen LogP contribution >= 0.6 is 11.6 Å². The molecule has 27 heavy (non-hydrogen) atoms. The Morgan fingerprint density at radius 2 is 1.96 bits per heavy atom. The third-order valence-corrected chi connectivity index (χ3v) is 4.23. The first-order valence-electron chi connectivity index (χ1n) is 8.86. The van der Waals surface area contributed by atoms with E-state index in [4.69, 9.17) is 25.8 Å². The van der Waals surface area contributed by atoms with Crippen LogP contribution in [-0.2, 0) is 9.53 Å². The molecule has 1 aromatic rings. The molecule has 1 aliphatic rings. The van der Waals surface area contributed by atoms with Crippen molar-refractivity contribution < 1.29 is 32.2 Å². The van der Waals surface area contributed by atoms with E-state index in [1.165, 1.54) is 19.1 Å². The summed E-state index contributed by atoms with van der Waals surface area (Å²) in [5.41, 5.74) is -0.373. The van der Waals surface area contributed by atoms with Crippen LogP contribution in [0.25, 0.3) is 6.08 Å². The predicted molar refractivity (Wildman–Crippen MR) is 96.2 cm³/mol. The monoisotopic (exact) mass is 406 g/mol. The summed E-state index contributed by atoms with van der Waals surface area (Å²) < 4.78 is 55.4. The van der Waals surface area contributed by atoms with Crippen molar-refractivity contribution in [3.8, 4) is 11.5 Å². The number of ether oxygens (including phenoxy) is 3. The molecule has 0 bridgehead atoms. The van der Waals surface area contributed by atoms with Crippen molar-refractivity contribution in [2.75, 3.05) is 13.2 Å². The highest BCUT2D eigenvalue weighted by Crippen LogP contribution is 2.43. The lowest BCUT2D eigenvalue weighted by Crippen LogP contribution is -2.40. The molecule has 0 aliphatic carbocycles. The summed E-state index contributed by atoms with van der Waals surface area (Å²) in [6.07, 6.45) is -2.02. The molecule has 0 aromatic heterocycles. The molecule has 0 saturated carbocycles. The van der Waals surface area contributed by atoms with Gasteiger partial charge in [-0.15, -0.1) is 0 Å². The number of rotatable bonds is 8. The van der Waals surface area contributed by atoms with Gasteiger partial charge in [-0.25, -0.2) is 4.79 Å². The Morgan fingerprint density at radius 3 is 2.59 bits per heavy atom. The van der Waals surface area contributed by atoms with Gasteiger partial charge < -0.3 is 14.2 Å². The minimum absolute atomic E-state index is 0.00975. The molecular weight excluding hydrogens is 385 g/mol. The molecule has 0 radical (unpaired) electrons. The molecule has 0 amide bonds. The van der Waals surface area contributed by atoms with Gasteiger partial charge >= 0.3 is 12.1 Å². The lowest BCUT2D eigenvalue weighted by atomic mass is 10.0. The zero-order valence-electron chi connectivity index (χ0n) is 15.2. The van der Waals surface area contributed by atoms with E-state index in [1.807, 2.05) is 0 Å². The van der Waals surface area contributed by atoms with Gasteiger partial charge in [0.15, 0.2) is 0 Å². The van der Waals surface area contributed by atoms with Gasteiger partial charge in [0.25, 0.3) is 0 Å². The lowest BCUT2D eigenvalue weighted by Gasteiger charge is -2.28. The average Bonchev–Trinajstić information content (AvgIpc) is 2.60. The largest absolute Gasteiger partial charge is 0.494 e. The molecule has 1 aromatic carbocycles. The second-order valence-electron chi connectivity index (χ2n) is 6.09. The number of alkyl halides is 3. The van der Waals surface area contributed by atoms with Crippen LogP contribution in [0, 0.1) is 0 Å². The van der Waals surface area contributed by atoms with Crippen LogP contribution < -0.4 is 9.47 Å². The molecule has 0 fully saturated rings. The number of unbranched alkanes of at least 4 members (excludes halogenated alkanes) is 3. The minimum atomic E-state index is -4.78. The third kappa shape index (κ3) is 5.54. The Hall–Kier alpha value is -1.89. The smallest absolute Gasteiger partial charge is 0.430 e. The Labute approximate surface area is 161 Å². The summed E-state index contributed by atoms with van der Waals surface area (Å²) in [6.45, 7) is 4.04. The normalized spacial score (nSPS) is 16.2. The number of halogens is 4. The first-order chi connectivity index (χ1) is 12.8. The number of hydrogen-bond acceptors (Lipinski definition) is 4. The maximum Gasteiger partial charge on any atom is 0.430 e. The minimum Gasteiger partial charge on any atom is -0.494 e. The summed E-state index contributed by atoms with van der Waals surface area (Å²) in [7, 11) is 0. The molecule has 1 aliphatic heterocycles. The van der Waals surface area contributed by atoms with Crippen molar-refractivity contribution in [1.29, 1.82) is 0 Å². The van der Waals surface area contributed by atoms with E-state index in [9.17, 15) is 18.0 Å². The zero-order chi connectivity index (χ0) is 20.0. The number of benzene rings is 1. The van der Waals surface area contributed by atoms with Crippen molar-refractivity contribution in [2.45, 2.75) is 51.8 Å². The highest BCUT2D eigenvalue weighted by molar-refractivity contribution is 6.32. The van der Waals surface area contributed by atoms with Crippen molar-refractivity contribution in [2.24, 2.45) is 0 Å². The predicted octanol–water partition coefficient (Wildman–Crippen LogP) is 5.57. The highest BCUT2D eigenvalue weighted by Gasteiger charge is 2.49. The molecule has 2 rings (SSSR count). The van der Waals surface area contributed by atoms with Crippen LogP contribution in [0.2, 0.25) is 5.02 Å². The molecule has 150 valence electrons. The molecule has 1 atom stereocenters. The van der Waals surface area contributed by atoms with Crippen LogP contribution in [0.3, 0.4) is 0 Å². The van der Waals surface area contributed by atoms with E-state index in [0.717, 1.165) is 31.8 Å². The molecule has 0 spiro atoms. The van der Waals surface area contributed by atoms with Gasteiger partial charge in [0.1, 0.15) is 11.5 Å². The Morgan fingerprint density at radius 1 is 1.22 bits per heavy atom. The fourth-order valence-corrected chi connectivity index (χ4v) is 2.93. The second-order valence-corrected chi connectivity index (χ2v) is 6.50. The maximum atomic E-state index is 13.3.